The van der Waals surface area contributed by atoms with Crippen LogP contribution in [-0.2, 0) is 11.0 Å². The van der Waals surface area contributed by atoms with Gasteiger partial charge in [0.1, 0.15) is 0 Å². The molecule has 3 aromatic carbocycles. The largest absolute Gasteiger partial charge is 0.393 e. The number of fused-ring (bicyclic) bond motifs is 3. The number of alkyl halides is 2. The van der Waals surface area contributed by atoms with Gasteiger partial charge in [-0.3, -0.25) is 9.59 Å². The topological polar surface area (TPSA) is 81.1 Å². The summed E-state index contributed by atoms with van der Waals surface area (Å²) in [5, 5.41) is 20.7. The van der Waals surface area contributed by atoms with Crippen LogP contribution in [0.5, 0.6) is 0 Å². The number of carbonyl (C=O) groups is 2. The van der Waals surface area contributed by atoms with E-state index in [2.05, 4.69) is 0 Å². The standard InChI is InChI=1S/C30H27ClF2N2O4/c31-20-8-11-25-24(16-20)29(39,18-36)30(32,33)14-15-34(25)26(37)19-6-9-21(10-7-19)35-17-28(12-3-13-28)23-5-2-1-4-22(23)27(35)38/h1-2,4-11,16,36,39H,3,12-15,17-18H2/t29-/m0/s1. The normalized spacial score (nSPS) is 23.1. The average molecular weight is 553 g/mol. The average Bonchev–Trinajstić information content (AvgIpc) is 3.00. The highest BCUT2D eigenvalue weighted by Gasteiger charge is 2.56. The van der Waals surface area contributed by atoms with Crippen molar-refractivity contribution in [2.24, 2.45) is 0 Å². The Bertz CT molecular complexity index is 1470. The van der Waals surface area contributed by atoms with Crippen LogP contribution in [0, 0.1) is 0 Å². The van der Waals surface area contributed by atoms with Crippen LogP contribution < -0.4 is 9.80 Å². The van der Waals surface area contributed by atoms with Crippen molar-refractivity contribution in [1.29, 1.82) is 0 Å². The van der Waals surface area contributed by atoms with Gasteiger partial charge in [0.05, 0.1) is 12.3 Å². The van der Waals surface area contributed by atoms with E-state index in [9.17, 15) is 19.8 Å². The van der Waals surface area contributed by atoms with E-state index in [1.165, 1.54) is 17.0 Å². The number of halogens is 3. The lowest BCUT2D eigenvalue weighted by molar-refractivity contribution is -0.205. The van der Waals surface area contributed by atoms with E-state index in [0.29, 0.717) is 17.8 Å². The van der Waals surface area contributed by atoms with Gasteiger partial charge in [-0.1, -0.05) is 36.2 Å². The molecule has 1 aliphatic carbocycles. The highest BCUT2D eigenvalue weighted by molar-refractivity contribution is 6.30. The molecule has 9 heteroatoms. The summed E-state index contributed by atoms with van der Waals surface area (Å²) in [6, 6.07) is 18.3. The van der Waals surface area contributed by atoms with Gasteiger partial charge in [-0.2, -0.15) is 0 Å². The Morgan fingerprint density at radius 2 is 1.69 bits per heavy atom. The maximum atomic E-state index is 15.0. The first-order valence-corrected chi connectivity index (χ1v) is 13.3. The van der Waals surface area contributed by atoms with E-state index in [1.54, 1.807) is 29.2 Å². The molecule has 0 saturated heterocycles. The molecule has 2 amide bonds. The zero-order valence-electron chi connectivity index (χ0n) is 21.0. The smallest absolute Gasteiger partial charge is 0.284 e. The molecule has 0 radical (unpaired) electrons. The number of rotatable bonds is 3. The lowest BCUT2D eigenvalue weighted by atomic mass is 9.61. The van der Waals surface area contributed by atoms with Crippen molar-refractivity contribution >= 4 is 34.8 Å². The molecule has 1 fully saturated rings. The molecule has 1 atom stereocenters. The molecule has 0 aromatic heterocycles. The third-order valence-corrected chi connectivity index (χ3v) is 8.83. The second-order valence-corrected chi connectivity index (χ2v) is 11.1. The molecule has 0 bridgehead atoms. The van der Waals surface area contributed by atoms with Crippen LogP contribution in [-0.4, -0.2) is 47.6 Å². The Hall–Kier alpha value is -3.33. The molecule has 3 aliphatic rings. The van der Waals surface area contributed by atoms with Gasteiger partial charge in [-0.05, 0) is 66.9 Å². The summed E-state index contributed by atoms with van der Waals surface area (Å²) in [4.78, 5) is 29.9. The van der Waals surface area contributed by atoms with Crippen molar-refractivity contribution in [3.63, 3.8) is 0 Å². The van der Waals surface area contributed by atoms with E-state index in [4.69, 9.17) is 11.6 Å². The van der Waals surface area contributed by atoms with E-state index in [0.717, 1.165) is 30.9 Å². The number of anilines is 2. The molecule has 0 unspecified atom stereocenters. The molecule has 1 spiro atoms. The summed E-state index contributed by atoms with van der Waals surface area (Å²) in [7, 11) is 0. The van der Waals surface area contributed by atoms with E-state index < -0.39 is 30.5 Å². The fourth-order valence-electron chi connectivity index (χ4n) is 6.18. The SMILES string of the molecule is O=C1c2ccccc2C2(CCC2)CN1c1ccc(C(=O)N2CCC(F)(F)[C@](O)(CO)c3cc(Cl)ccc32)cc1. The third-order valence-electron chi connectivity index (χ3n) is 8.59. The number of hydrogen-bond acceptors (Lipinski definition) is 4. The van der Waals surface area contributed by atoms with E-state index in [-0.39, 0.29) is 39.7 Å². The van der Waals surface area contributed by atoms with Crippen LogP contribution in [0.25, 0.3) is 0 Å². The first-order chi connectivity index (χ1) is 18.6. The highest BCUT2D eigenvalue weighted by Crippen LogP contribution is 2.49. The summed E-state index contributed by atoms with van der Waals surface area (Å²) >= 11 is 6.05. The van der Waals surface area contributed by atoms with Gasteiger partial charge < -0.3 is 20.0 Å². The number of aliphatic hydroxyl groups excluding tert-OH is 1. The number of aliphatic hydroxyl groups is 2. The number of hydrogen-bond donors (Lipinski definition) is 2. The second kappa shape index (κ2) is 9.11. The summed E-state index contributed by atoms with van der Waals surface area (Å²) in [6.07, 6.45) is 2.27. The van der Waals surface area contributed by atoms with Crippen LogP contribution in [0.3, 0.4) is 0 Å². The fourth-order valence-corrected chi connectivity index (χ4v) is 6.35. The first kappa shape index (κ1) is 25.9. The zero-order valence-corrected chi connectivity index (χ0v) is 21.8. The number of amides is 2. The van der Waals surface area contributed by atoms with Crippen LogP contribution in [0.4, 0.5) is 20.2 Å². The number of nitrogens with zero attached hydrogens (tertiary/aromatic N) is 2. The third kappa shape index (κ3) is 3.88. The van der Waals surface area contributed by atoms with Crippen molar-refractivity contribution in [2.75, 3.05) is 29.5 Å². The molecule has 6 nitrogen and oxygen atoms in total. The first-order valence-electron chi connectivity index (χ1n) is 12.9. The molecule has 3 aromatic rings. The molecule has 6 rings (SSSR count). The van der Waals surface area contributed by atoms with Crippen molar-refractivity contribution in [3.8, 4) is 0 Å². The second-order valence-electron chi connectivity index (χ2n) is 10.7. The number of carbonyl (C=O) groups excluding carboxylic acids is 2. The van der Waals surface area contributed by atoms with Gasteiger partial charge in [-0.15, -0.1) is 0 Å². The molecule has 1 saturated carbocycles. The van der Waals surface area contributed by atoms with Crippen LogP contribution in [0.1, 0.15) is 57.5 Å². The van der Waals surface area contributed by atoms with E-state index in [1.807, 2.05) is 24.3 Å². The minimum Gasteiger partial charge on any atom is -0.393 e. The minimum atomic E-state index is -3.71. The van der Waals surface area contributed by atoms with Crippen molar-refractivity contribution in [3.05, 3.63) is 94.0 Å². The molecule has 2 heterocycles. The summed E-state index contributed by atoms with van der Waals surface area (Å²) < 4.78 is 30.1. The molecule has 202 valence electrons. The van der Waals surface area contributed by atoms with Crippen LogP contribution in [0.2, 0.25) is 5.02 Å². The summed E-state index contributed by atoms with van der Waals surface area (Å²) in [5.74, 6) is -4.34. The molecular formula is C30H27ClF2N2O4. The monoisotopic (exact) mass is 552 g/mol. The zero-order chi connectivity index (χ0) is 27.6. The van der Waals surface area contributed by atoms with Gasteiger partial charge >= 0.3 is 0 Å². The lowest BCUT2D eigenvalue weighted by Gasteiger charge is -2.49. The Balaban J connectivity index is 1.32. The molecule has 2 aliphatic heterocycles. The van der Waals surface area contributed by atoms with E-state index >= 15 is 8.78 Å². The van der Waals surface area contributed by atoms with Gasteiger partial charge in [0.25, 0.3) is 17.7 Å². The molecular weight excluding hydrogens is 526 g/mol. The Labute approximate surface area is 229 Å². The van der Waals surface area contributed by atoms with Crippen LogP contribution >= 0.6 is 11.6 Å². The quantitative estimate of drug-likeness (QED) is 0.463. The maximum absolute atomic E-state index is 15.0. The molecule has 39 heavy (non-hydrogen) atoms. The van der Waals surface area contributed by atoms with Gasteiger partial charge in [0.2, 0.25) is 0 Å². The summed E-state index contributed by atoms with van der Waals surface area (Å²) in [6.45, 7) is -1.06. The van der Waals surface area contributed by atoms with Gasteiger partial charge in [0, 0.05) is 52.3 Å². The van der Waals surface area contributed by atoms with Gasteiger partial charge in [0.15, 0.2) is 5.60 Å². The fraction of sp³-hybridized carbons (Fsp3) is 0.333. The predicted octanol–water partition coefficient (Wildman–Crippen LogP) is 5.29. The predicted molar refractivity (Wildman–Crippen MR) is 144 cm³/mol. The Morgan fingerprint density at radius 3 is 2.36 bits per heavy atom. The number of benzene rings is 3. The summed E-state index contributed by atoms with van der Waals surface area (Å²) in [5.41, 5.74) is -0.531. The van der Waals surface area contributed by atoms with Crippen molar-refractivity contribution in [1.82, 2.24) is 0 Å². The van der Waals surface area contributed by atoms with Crippen LogP contribution in [0.15, 0.2) is 66.7 Å². The van der Waals surface area contributed by atoms with Crippen molar-refractivity contribution in [2.45, 2.75) is 42.6 Å². The van der Waals surface area contributed by atoms with Crippen molar-refractivity contribution < 1.29 is 28.6 Å². The highest BCUT2D eigenvalue weighted by atomic mass is 35.5. The lowest BCUT2D eigenvalue weighted by Crippen LogP contribution is -2.53. The maximum Gasteiger partial charge on any atom is 0.284 e. The minimum absolute atomic E-state index is 0.0527. The Kier molecular flexibility index (Phi) is 6.06. The van der Waals surface area contributed by atoms with Gasteiger partial charge in [-0.25, -0.2) is 8.78 Å². The Morgan fingerprint density at radius 1 is 0.974 bits per heavy atom. The molecule has 2 N–H and O–H groups in total.